The summed E-state index contributed by atoms with van der Waals surface area (Å²) in [6, 6.07) is -0.0946. The first-order valence-electron chi connectivity index (χ1n) is 8.23. The molecule has 0 radical (unpaired) electrons. The number of nitrogens with one attached hydrogen (secondary N) is 3. The molecule has 28 heavy (non-hydrogen) atoms. The van der Waals surface area contributed by atoms with Crippen LogP contribution in [0, 0.1) is 11.6 Å². The SMILES string of the molecule is COC(=O)c1cc(NC(=O)NCCC(=O)NC2CCS(=O)(=O)C2)c(F)cc1F. The third kappa shape index (κ3) is 5.87. The summed E-state index contributed by atoms with van der Waals surface area (Å²) < 4.78 is 54.3. The van der Waals surface area contributed by atoms with Crippen molar-refractivity contribution in [3.8, 4) is 0 Å². The smallest absolute Gasteiger partial charge is 0.340 e. The second kappa shape index (κ2) is 8.95. The number of methoxy groups -OCH3 is 1. The molecule has 0 saturated carbocycles. The van der Waals surface area contributed by atoms with E-state index in [-0.39, 0.29) is 24.5 Å². The number of hydrogen-bond acceptors (Lipinski definition) is 6. The van der Waals surface area contributed by atoms with Crippen molar-refractivity contribution in [1.29, 1.82) is 0 Å². The summed E-state index contributed by atoms with van der Waals surface area (Å²) >= 11 is 0. The van der Waals surface area contributed by atoms with Gasteiger partial charge < -0.3 is 20.7 Å². The summed E-state index contributed by atoms with van der Waals surface area (Å²) in [5.74, 6) is -3.80. The summed E-state index contributed by atoms with van der Waals surface area (Å²) in [5.41, 5.74) is -0.995. The molecule has 3 N–H and O–H groups in total. The van der Waals surface area contributed by atoms with Gasteiger partial charge in [-0.2, -0.15) is 0 Å². The summed E-state index contributed by atoms with van der Waals surface area (Å²) in [5, 5.41) is 6.96. The predicted molar refractivity (Wildman–Crippen MR) is 94.5 cm³/mol. The van der Waals surface area contributed by atoms with E-state index in [0.717, 1.165) is 13.2 Å². The van der Waals surface area contributed by atoms with E-state index in [9.17, 15) is 31.6 Å². The van der Waals surface area contributed by atoms with Gasteiger partial charge in [0.15, 0.2) is 9.84 Å². The number of esters is 1. The van der Waals surface area contributed by atoms with E-state index in [0.29, 0.717) is 12.5 Å². The summed E-state index contributed by atoms with van der Waals surface area (Å²) in [4.78, 5) is 35.0. The van der Waals surface area contributed by atoms with Crippen molar-refractivity contribution >= 4 is 33.4 Å². The summed E-state index contributed by atoms with van der Waals surface area (Å²) in [7, 11) is -2.09. The van der Waals surface area contributed by atoms with Gasteiger partial charge in [-0.1, -0.05) is 0 Å². The van der Waals surface area contributed by atoms with E-state index in [2.05, 4.69) is 20.7 Å². The van der Waals surface area contributed by atoms with Gasteiger partial charge in [-0.15, -0.1) is 0 Å². The largest absolute Gasteiger partial charge is 0.465 e. The third-order valence-corrected chi connectivity index (χ3v) is 5.71. The van der Waals surface area contributed by atoms with Crippen LogP contribution in [-0.4, -0.2) is 57.5 Å². The molecule has 0 spiro atoms. The summed E-state index contributed by atoms with van der Waals surface area (Å²) in [6.45, 7) is -0.107. The minimum Gasteiger partial charge on any atom is -0.465 e. The molecule has 0 aliphatic carbocycles. The Morgan fingerprint density at radius 1 is 1.21 bits per heavy atom. The van der Waals surface area contributed by atoms with Gasteiger partial charge >= 0.3 is 12.0 Å². The first kappa shape index (κ1) is 21.5. The number of carbonyl (C=O) groups excluding carboxylic acids is 3. The lowest BCUT2D eigenvalue weighted by molar-refractivity contribution is -0.121. The van der Waals surface area contributed by atoms with Gasteiger partial charge in [0.1, 0.15) is 11.6 Å². The van der Waals surface area contributed by atoms with Gasteiger partial charge in [0.2, 0.25) is 5.91 Å². The normalized spacial score (nSPS) is 17.6. The molecule has 0 bridgehead atoms. The van der Waals surface area contributed by atoms with Crippen molar-refractivity contribution in [2.75, 3.05) is 30.5 Å². The number of urea groups is 1. The Labute approximate surface area is 159 Å². The van der Waals surface area contributed by atoms with Crippen LogP contribution in [0.2, 0.25) is 0 Å². The Balaban J connectivity index is 1.82. The van der Waals surface area contributed by atoms with E-state index in [1.54, 1.807) is 0 Å². The number of ether oxygens (including phenoxy) is 1. The predicted octanol–water partition coefficient (Wildman–Crippen LogP) is 0.566. The Morgan fingerprint density at radius 2 is 1.93 bits per heavy atom. The van der Waals surface area contributed by atoms with Crippen LogP contribution in [0.1, 0.15) is 23.2 Å². The molecule has 1 fully saturated rings. The van der Waals surface area contributed by atoms with Gasteiger partial charge in [0.05, 0.1) is 29.9 Å². The lowest BCUT2D eigenvalue weighted by atomic mass is 10.2. The highest BCUT2D eigenvalue weighted by molar-refractivity contribution is 7.91. The molecule has 1 aliphatic heterocycles. The standard InChI is InChI=1S/C16H19F2N3O6S/c1-27-15(23)10-6-13(12(18)7-11(10)17)21-16(24)19-4-2-14(22)20-9-3-5-28(25,26)8-9/h6-7,9H,2-5,8H2,1H3,(H,20,22)(H2,19,21,24). The van der Waals surface area contributed by atoms with Crippen LogP contribution in [-0.2, 0) is 19.4 Å². The molecular formula is C16H19F2N3O6S. The molecule has 9 nitrogen and oxygen atoms in total. The van der Waals surface area contributed by atoms with Crippen molar-refractivity contribution in [3.63, 3.8) is 0 Å². The number of hydrogen-bond donors (Lipinski definition) is 3. The van der Waals surface area contributed by atoms with Crippen molar-refractivity contribution in [2.45, 2.75) is 18.9 Å². The number of halogens is 2. The number of amides is 3. The van der Waals surface area contributed by atoms with E-state index in [1.807, 2.05) is 0 Å². The van der Waals surface area contributed by atoms with Gasteiger partial charge in [-0.3, -0.25) is 4.79 Å². The lowest BCUT2D eigenvalue weighted by Crippen LogP contribution is -2.38. The first-order chi connectivity index (χ1) is 13.1. The van der Waals surface area contributed by atoms with Gasteiger partial charge in [-0.25, -0.2) is 26.8 Å². The molecule has 12 heteroatoms. The van der Waals surface area contributed by atoms with Crippen molar-refractivity contribution in [3.05, 3.63) is 29.3 Å². The monoisotopic (exact) mass is 419 g/mol. The van der Waals surface area contributed by atoms with Crippen LogP contribution in [0.4, 0.5) is 19.3 Å². The van der Waals surface area contributed by atoms with Crippen LogP contribution < -0.4 is 16.0 Å². The molecular weight excluding hydrogens is 400 g/mol. The highest BCUT2D eigenvalue weighted by Gasteiger charge is 2.28. The number of benzene rings is 1. The second-order valence-electron chi connectivity index (χ2n) is 6.10. The van der Waals surface area contributed by atoms with Gasteiger partial charge in [0, 0.05) is 25.1 Å². The summed E-state index contributed by atoms with van der Waals surface area (Å²) in [6.07, 6.45) is 0.220. The molecule has 1 aromatic rings. The minimum atomic E-state index is -3.12. The zero-order valence-corrected chi connectivity index (χ0v) is 15.7. The quantitative estimate of drug-likeness (QED) is 0.578. The fourth-order valence-electron chi connectivity index (χ4n) is 2.58. The average Bonchev–Trinajstić information content (AvgIpc) is 2.95. The Hall–Kier alpha value is -2.76. The maximum Gasteiger partial charge on any atom is 0.340 e. The van der Waals surface area contributed by atoms with Crippen LogP contribution >= 0.6 is 0 Å². The molecule has 1 atom stereocenters. The Kier molecular flexibility index (Phi) is 6.89. The number of anilines is 1. The zero-order valence-electron chi connectivity index (χ0n) is 14.9. The van der Waals surface area contributed by atoms with E-state index < -0.39 is 56.7 Å². The van der Waals surface area contributed by atoms with Crippen molar-refractivity contribution in [1.82, 2.24) is 10.6 Å². The fourth-order valence-corrected chi connectivity index (χ4v) is 4.25. The van der Waals surface area contributed by atoms with Gasteiger partial charge in [0.25, 0.3) is 0 Å². The van der Waals surface area contributed by atoms with Crippen LogP contribution in [0.25, 0.3) is 0 Å². The molecule has 3 amide bonds. The molecule has 154 valence electrons. The number of sulfone groups is 1. The maximum atomic E-state index is 13.8. The molecule has 0 aromatic heterocycles. The molecule has 1 unspecified atom stereocenters. The van der Waals surface area contributed by atoms with Crippen LogP contribution in [0.15, 0.2) is 12.1 Å². The van der Waals surface area contributed by atoms with E-state index in [4.69, 9.17) is 0 Å². The topological polar surface area (TPSA) is 131 Å². The van der Waals surface area contributed by atoms with E-state index in [1.165, 1.54) is 0 Å². The van der Waals surface area contributed by atoms with Crippen molar-refractivity contribution in [2.24, 2.45) is 0 Å². The third-order valence-electron chi connectivity index (χ3n) is 3.95. The van der Waals surface area contributed by atoms with Gasteiger partial charge in [-0.05, 0) is 12.5 Å². The Bertz CT molecular complexity index is 891. The lowest BCUT2D eigenvalue weighted by Gasteiger charge is -2.12. The molecule has 1 aromatic carbocycles. The number of carbonyl (C=O) groups is 3. The van der Waals surface area contributed by atoms with Crippen LogP contribution in [0.5, 0.6) is 0 Å². The highest BCUT2D eigenvalue weighted by atomic mass is 32.2. The fraction of sp³-hybridized carbons (Fsp3) is 0.438. The minimum absolute atomic E-state index is 0.0232. The zero-order chi connectivity index (χ0) is 20.9. The highest BCUT2D eigenvalue weighted by Crippen LogP contribution is 2.20. The molecule has 2 rings (SSSR count). The van der Waals surface area contributed by atoms with E-state index >= 15 is 0 Å². The van der Waals surface area contributed by atoms with Crippen LogP contribution in [0.3, 0.4) is 0 Å². The Morgan fingerprint density at radius 3 is 2.54 bits per heavy atom. The molecule has 1 aliphatic rings. The number of rotatable bonds is 6. The maximum absolute atomic E-state index is 13.8. The molecule has 1 heterocycles. The first-order valence-corrected chi connectivity index (χ1v) is 10.1. The molecule has 1 saturated heterocycles. The average molecular weight is 419 g/mol. The second-order valence-corrected chi connectivity index (χ2v) is 8.33. The van der Waals surface area contributed by atoms with Crippen molar-refractivity contribution < 1.29 is 36.3 Å².